The van der Waals surface area contributed by atoms with Crippen LogP contribution in [0.1, 0.15) is 47.1 Å². The van der Waals surface area contributed by atoms with Crippen LogP contribution in [0.3, 0.4) is 0 Å². The van der Waals surface area contributed by atoms with Gasteiger partial charge in [-0.25, -0.2) is 9.59 Å². The van der Waals surface area contributed by atoms with E-state index in [0.717, 1.165) is 44.6 Å². The van der Waals surface area contributed by atoms with Gasteiger partial charge in [0, 0.05) is 30.2 Å². The number of aromatic hydroxyl groups is 1. The summed E-state index contributed by atoms with van der Waals surface area (Å²) < 4.78 is 20.0. The van der Waals surface area contributed by atoms with E-state index in [1.165, 1.54) is 18.9 Å². The molecule has 5 aromatic carbocycles. The molecule has 0 bridgehead atoms. The number of thioether (sulfide) groups is 1. The van der Waals surface area contributed by atoms with Crippen molar-refractivity contribution in [3.8, 4) is 22.6 Å². The lowest BCUT2D eigenvalue weighted by atomic mass is 9.91. The minimum absolute atomic E-state index is 0.0516. The van der Waals surface area contributed by atoms with Crippen molar-refractivity contribution < 1.29 is 34.0 Å². The molecule has 1 aromatic heterocycles. The molecule has 58 heavy (non-hydrogen) atoms. The number of carbonyl (C=O) groups excluding carboxylic acids is 2. The molecule has 2 amide bonds. The Hall–Kier alpha value is -6.06. The number of ether oxygens (including phenoxy) is 3. The van der Waals surface area contributed by atoms with Gasteiger partial charge in [-0.15, -0.1) is 5.10 Å². The molecule has 0 unspecified atom stereocenters. The van der Waals surface area contributed by atoms with Gasteiger partial charge in [0.1, 0.15) is 11.8 Å². The fraction of sp³-hybridized carbons (Fsp3) is 0.250. The number of esters is 1. The zero-order valence-corrected chi connectivity index (χ0v) is 32.8. The van der Waals surface area contributed by atoms with Crippen LogP contribution in [0.25, 0.3) is 16.8 Å². The van der Waals surface area contributed by atoms with Gasteiger partial charge < -0.3 is 35.1 Å². The second kappa shape index (κ2) is 18.9. The van der Waals surface area contributed by atoms with E-state index in [1.807, 2.05) is 103 Å². The van der Waals surface area contributed by atoms with E-state index >= 15 is 0 Å². The second-order valence-corrected chi connectivity index (χ2v) is 14.9. The van der Waals surface area contributed by atoms with Crippen LogP contribution in [0.2, 0.25) is 0 Å². The number of phenols is 1. The van der Waals surface area contributed by atoms with Crippen LogP contribution in [0.5, 0.6) is 5.75 Å². The molecule has 6 aromatic rings. The molecule has 0 saturated carbocycles. The van der Waals surface area contributed by atoms with E-state index in [4.69, 9.17) is 14.2 Å². The van der Waals surface area contributed by atoms with E-state index in [9.17, 15) is 19.8 Å². The number of aliphatic hydroxyl groups is 1. The van der Waals surface area contributed by atoms with Crippen molar-refractivity contribution >= 4 is 23.8 Å². The number of hydrogen-bond donors (Lipinski definition) is 4. The lowest BCUT2D eigenvalue weighted by molar-refractivity contribution is -0.268. The first-order valence-electron chi connectivity index (χ1n) is 18.8. The number of tetrazole rings is 1. The van der Waals surface area contributed by atoms with Crippen molar-refractivity contribution in [1.82, 2.24) is 30.8 Å². The van der Waals surface area contributed by atoms with Gasteiger partial charge in [0.15, 0.2) is 6.29 Å². The third kappa shape index (κ3) is 9.90. The molecule has 1 saturated heterocycles. The van der Waals surface area contributed by atoms with Gasteiger partial charge in [0.05, 0.1) is 31.6 Å². The van der Waals surface area contributed by atoms with Crippen molar-refractivity contribution in [3.63, 3.8) is 0 Å². The van der Waals surface area contributed by atoms with Crippen LogP contribution < -0.4 is 10.6 Å². The average molecular weight is 801 g/mol. The Kier molecular flexibility index (Phi) is 13.1. The van der Waals surface area contributed by atoms with Crippen molar-refractivity contribution in [1.29, 1.82) is 0 Å². The first-order valence-corrected chi connectivity index (χ1v) is 19.8. The molecule has 13 nitrogen and oxygen atoms in total. The summed E-state index contributed by atoms with van der Waals surface area (Å²) in [5.74, 6) is 0.0938. The van der Waals surface area contributed by atoms with E-state index in [-0.39, 0.29) is 37.0 Å². The number of methoxy groups -OCH3 is 1. The summed E-state index contributed by atoms with van der Waals surface area (Å²) in [5, 5.41) is 38.0. The number of nitrogens with one attached hydrogen (secondary N) is 2. The van der Waals surface area contributed by atoms with Crippen LogP contribution in [0, 0.1) is 5.92 Å². The SMILES string of the molecule is COC(=O)[C@H](Cc1ccccc1)NC(=O)NCc1cccc(-c2cccc([C@H]3O[C@@H](CSc4nnnn4-c4ccc(O)cc4)[C@@H](C)[C@@H](c4ccc(CO)cc4)O3)c2)c1. The zero-order valence-electron chi connectivity index (χ0n) is 32.0. The Bertz CT molecular complexity index is 2290. The minimum Gasteiger partial charge on any atom is -0.508 e. The molecule has 1 fully saturated rings. The molecule has 1 aliphatic rings. The van der Waals surface area contributed by atoms with Gasteiger partial charge in [0.2, 0.25) is 5.16 Å². The molecule has 2 heterocycles. The number of hydrogen-bond acceptors (Lipinski definition) is 11. The fourth-order valence-electron chi connectivity index (χ4n) is 6.79. The van der Waals surface area contributed by atoms with Gasteiger partial charge in [-0.3, -0.25) is 0 Å². The molecule has 14 heteroatoms. The highest BCUT2D eigenvalue weighted by molar-refractivity contribution is 7.99. The number of nitrogens with zero attached hydrogens (tertiary/aromatic N) is 4. The quantitative estimate of drug-likeness (QED) is 0.0684. The minimum atomic E-state index is -0.839. The first kappa shape index (κ1) is 40.1. The maximum absolute atomic E-state index is 12.9. The third-order valence-electron chi connectivity index (χ3n) is 9.98. The van der Waals surface area contributed by atoms with Crippen LogP contribution in [0.15, 0.2) is 133 Å². The van der Waals surface area contributed by atoms with Crippen LogP contribution in [0.4, 0.5) is 4.79 Å². The highest BCUT2D eigenvalue weighted by Crippen LogP contribution is 2.43. The lowest BCUT2D eigenvalue weighted by Gasteiger charge is -2.41. The van der Waals surface area contributed by atoms with Crippen molar-refractivity contribution in [2.75, 3.05) is 12.9 Å². The first-order chi connectivity index (χ1) is 28.3. The van der Waals surface area contributed by atoms with E-state index in [1.54, 1.807) is 28.9 Å². The number of aromatic nitrogens is 4. The van der Waals surface area contributed by atoms with Gasteiger partial charge in [-0.1, -0.05) is 110 Å². The number of carbonyl (C=O) groups is 2. The van der Waals surface area contributed by atoms with Crippen molar-refractivity contribution in [2.24, 2.45) is 5.92 Å². The summed E-state index contributed by atoms with van der Waals surface area (Å²) in [7, 11) is 1.30. The molecule has 0 radical (unpaired) electrons. The molecule has 1 aliphatic heterocycles. The van der Waals surface area contributed by atoms with Gasteiger partial charge in [-0.2, -0.15) is 4.68 Å². The summed E-state index contributed by atoms with van der Waals surface area (Å²) in [6, 6.07) is 38.4. The largest absolute Gasteiger partial charge is 0.508 e. The third-order valence-corrected chi connectivity index (χ3v) is 11.0. The Balaban J connectivity index is 1.06. The van der Waals surface area contributed by atoms with Crippen LogP contribution >= 0.6 is 11.8 Å². The van der Waals surface area contributed by atoms with Gasteiger partial charge in [0.25, 0.3) is 0 Å². The Morgan fingerprint density at radius 3 is 2.31 bits per heavy atom. The normalized spacial score (nSPS) is 18.3. The summed E-state index contributed by atoms with van der Waals surface area (Å²) in [6.45, 7) is 2.28. The van der Waals surface area contributed by atoms with Crippen molar-refractivity contribution in [2.45, 2.75) is 56.2 Å². The standard InChI is InChI=1S/C44H44N6O7S/c1-28-39(27-58-44-47-48-49-50(44)36-18-20-37(52)21-19-36)56-42(57-40(28)32-16-14-30(26-51)15-17-32)35-13-7-12-34(24-35)33-11-6-10-31(22-33)25-45-43(54)46-38(41(53)55-2)23-29-8-4-3-5-9-29/h3-22,24,28,38-40,42,51-52H,23,25-27H2,1-2H3,(H2,45,46,54)/t28-,38+,39+,40+,42+/m1/s1. The van der Waals surface area contributed by atoms with Gasteiger partial charge >= 0.3 is 12.0 Å². The number of rotatable bonds is 14. The highest BCUT2D eigenvalue weighted by atomic mass is 32.2. The Morgan fingerprint density at radius 1 is 0.845 bits per heavy atom. The Morgan fingerprint density at radius 2 is 1.57 bits per heavy atom. The molecule has 298 valence electrons. The lowest BCUT2D eigenvalue weighted by Crippen LogP contribution is -2.47. The average Bonchev–Trinajstić information content (AvgIpc) is 3.74. The molecule has 7 rings (SSSR count). The van der Waals surface area contributed by atoms with E-state index < -0.39 is 24.3 Å². The maximum atomic E-state index is 12.9. The highest BCUT2D eigenvalue weighted by Gasteiger charge is 2.39. The maximum Gasteiger partial charge on any atom is 0.328 e. The summed E-state index contributed by atoms with van der Waals surface area (Å²) in [6.07, 6.45) is -0.991. The topological polar surface area (TPSA) is 170 Å². The number of aliphatic hydroxyl groups excluding tert-OH is 1. The van der Waals surface area contributed by atoms with Gasteiger partial charge in [-0.05, 0) is 80.2 Å². The van der Waals surface area contributed by atoms with Crippen molar-refractivity contribution in [3.05, 3.63) is 155 Å². The number of benzene rings is 5. The summed E-state index contributed by atoms with van der Waals surface area (Å²) >= 11 is 1.47. The Labute approximate surface area is 340 Å². The fourth-order valence-corrected chi connectivity index (χ4v) is 7.85. The summed E-state index contributed by atoms with van der Waals surface area (Å²) in [4.78, 5) is 25.4. The summed E-state index contributed by atoms with van der Waals surface area (Å²) in [5.41, 5.74) is 6.98. The van der Waals surface area contributed by atoms with Crippen LogP contribution in [-0.4, -0.2) is 67.4 Å². The zero-order chi connectivity index (χ0) is 40.4. The molecular formula is C44H44N6O7S. The number of urea groups is 1. The predicted molar refractivity (Wildman–Crippen MR) is 218 cm³/mol. The van der Waals surface area contributed by atoms with E-state index in [2.05, 4.69) is 33.1 Å². The monoisotopic (exact) mass is 800 g/mol. The molecule has 0 aliphatic carbocycles. The molecule has 0 spiro atoms. The number of phenolic OH excluding ortho intramolecular Hbond substituents is 1. The predicted octanol–water partition coefficient (Wildman–Crippen LogP) is 6.69. The van der Waals surface area contributed by atoms with Crippen LogP contribution in [-0.2, 0) is 38.6 Å². The number of amides is 2. The molecule has 5 atom stereocenters. The molecule has 4 N–H and O–H groups in total. The van der Waals surface area contributed by atoms with E-state index in [0.29, 0.717) is 17.3 Å². The molecular weight excluding hydrogens is 757 g/mol. The smallest absolute Gasteiger partial charge is 0.328 e. The second-order valence-electron chi connectivity index (χ2n) is 13.9.